The van der Waals surface area contributed by atoms with Crippen LogP contribution in [0.15, 0.2) is 97.2 Å². The van der Waals surface area contributed by atoms with E-state index in [9.17, 15) is 10.2 Å². The maximum absolute atomic E-state index is 10.6. The molecule has 0 spiro atoms. The molecule has 3 aromatic carbocycles. The van der Waals surface area contributed by atoms with Crippen molar-refractivity contribution in [3.8, 4) is 78.2 Å². The number of aromatic amines is 3. The highest BCUT2D eigenvalue weighted by Crippen LogP contribution is 2.42. The number of imidazole rings is 1. The summed E-state index contributed by atoms with van der Waals surface area (Å²) in [6.45, 7) is 26.5. The van der Waals surface area contributed by atoms with Gasteiger partial charge in [0.2, 0.25) is 16.9 Å². The Bertz CT molecular complexity index is 4680. The Morgan fingerprint density at radius 3 is 1.28 bits per heavy atom. The number of nitrogens with zero attached hydrogens (tertiary/aromatic N) is 21. The van der Waals surface area contributed by atoms with Crippen LogP contribution in [0.2, 0.25) is 0 Å². The number of nitrogens with one attached hydrogen (secondary N) is 6. The number of piperidine rings is 3. The molecule has 0 atom stereocenters. The highest BCUT2D eigenvalue weighted by molar-refractivity contribution is 7.12. The van der Waals surface area contributed by atoms with Gasteiger partial charge in [-0.1, -0.05) is 45.2 Å². The van der Waals surface area contributed by atoms with E-state index in [-0.39, 0.29) is 62.9 Å². The van der Waals surface area contributed by atoms with E-state index in [2.05, 4.69) is 206 Å². The highest BCUT2D eigenvalue weighted by Gasteiger charge is 2.42. The van der Waals surface area contributed by atoms with Crippen LogP contribution in [0, 0.1) is 0 Å². The van der Waals surface area contributed by atoms with Gasteiger partial charge in [0.05, 0.1) is 59.6 Å². The lowest BCUT2D eigenvalue weighted by atomic mass is 9.79. The van der Waals surface area contributed by atoms with E-state index >= 15 is 0 Å². The quantitative estimate of drug-likeness (QED) is 0.0666. The lowest BCUT2D eigenvalue weighted by Crippen LogP contribution is -2.58. The van der Waals surface area contributed by atoms with Gasteiger partial charge in [0.1, 0.15) is 49.6 Å². The summed E-state index contributed by atoms with van der Waals surface area (Å²) in [7, 11) is 0. The molecular weight excluding hydrogens is 1220 g/mol. The van der Waals surface area contributed by atoms with Crippen LogP contribution < -0.4 is 16.0 Å². The van der Waals surface area contributed by atoms with Gasteiger partial charge >= 0.3 is 0 Å². The fraction of sp³-hybridized carbons (Fsp3) is 0.415. The molecule has 16 rings (SSSR count). The molecule has 8 N–H and O–H groups in total. The Kier molecular flexibility index (Phi) is 15.4. The smallest absolute Gasteiger partial charge is 0.201 e. The summed E-state index contributed by atoms with van der Waals surface area (Å²) >= 11 is 1.42. The van der Waals surface area contributed by atoms with E-state index in [1.807, 2.05) is 74.8 Å². The number of rotatable bonds is 9. The summed E-state index contributed by atoms with van der Waals surface area (Å²) in [6, 6.07) is 20.9. The van der Waals surface area contributed by atoms with E-state index in [1.54, 1.807) is 36.4 Å². The van der Waals surface area contributed by atoms with E-state index in [4.69, 9.17) is 0 Å². The first-order valence-corrected chi connectivity index (χ1v) is 32.5. The lowest BCUT2D eigenvalue weighted by molar-refractivity contribution is 0.126. The van der Waals surface area contributed by atoms with Crippen LogP contribution in [0.3, 0.4) is 0 Å². The largest absolute Gasteiger partial charge is 0.507 e. The number of hydrogen-bond donors (Lipinski definition) is 8. The number of fused-ring (bicyclic) bond motifs is 4. The third-order valence-corrected chi connectivity index (χ3v) is 18.5. The Balaban J connectivity index is 0.000000123. The van der Waals surface area contributed by atoms with Gasteiger partial charge in [-0.15, -0.1) is 56.1 Å². The van der Waals surface area contributed by atoms with Gasteiger partial charge in [-0.2, -0.15) is 20.5 Å². The van der Waals surface area contributed by atoms with Crippen molar-refractivity contribution < 1.29 is 10.2 Å². The summed E-state index contributed by atoms with van der Waals surface area (Å²) in [5, 5.41) is 112. The Morgan fingerprint density at radius 1 is 0.453 bits per heavy atom. The molecule has 95 heavy (non-hydrogen) atoms. The topological polar surface area (TPSA) is 371 Å². The van der Waals surface area contributed by atoms with Crippen molar-refractivity contribution in [2.24, 2.45) is 0 Å². The fourth-order valence-electron chi connectivity index (χ4n) is 15.0. The van der Waals surface area contributed by atoms with Crippen molar-refractivity contribution in [2.45, 2.75) is 173 Å². The van der Waals surface area contributed by atoms with Crippen LogP contribution in [-0.4, -0.2) is 165 Å². The van der Waals surface area contributed by atoms with Gasteiger partial charge in [-0.25, -0.2) is 19.0 Å². The lowest BCUT2D eigenvalue weighted by Gasteiger charge is -2.46. The van der Waals surface area contributed by atoms with E-state index in [0.29, 0.717) is 61.7 Å². The summed E-state index contributed by atoms with van der Waals surface area (Å²) in [5.41, 5.74) is 15.3. The molecule has 0 unspecified atom stereocenters. The van der Waals surface area contributed by atoms with Crippen molar-refractivity contribution in [1.82, 2.24) is 137 Å². The third-order valence-electron chi connectivity index (χ3n) is 17.7. The van der Waals surface area contributed by atoms with E-state index in [1.165, 1.54) is 11.3 Å². The van der Waals surface area contributed by atoms with E-state index < -0.39 is 0 Å². The van der Waals surface area contributed by atoms with Crippen LogP contribution in [0.4, 0.5) is 0 Å². The summed E-state index contributed by atoms with van der Waals surface area (Å²) in [6.07, 6.45) is 12.5. The predicted octanol–water partition coefficient (Wildman–Crippen LogP) is 10.1. The van der Waals surface area contributed by atoms with Crippen LogP contribution in [0.5, 0.6) is 11.5 Å². The van der Waals surface area contributed by atoms with Crippen molar-refractivity contribution in [3.05, 3.63) is 97.2 Å². The van der Waals surface area contributed by atoms with Gasteiger partial charge in [-0.3, -0.25) is 5.10 Å². The number of aromatic hydroxyl groups is 2. The van der Waals surface area contributed by atoms with Gasteiger partial charge in [0.25, 0.3) is 0 Å². The molecule has 3 saturated heterocycles. The van der Waals surface area contributed by atoms with Gasteiger partial charge in [-0.05, 0) is 170 Å². The molecule has 0 aliphatic carbocycles. The fourth-order valence-corrected chi connectivity index (χ4v) is 15.5. The predicted molar refractivity (Wildman–Crippen MR) is 359 cm³/mol. The van der Waals surface area contributed by atoms with Crippen LogP contribution in [0.25, 0.3) is 111 Å². The SMILES string of the molecule is CC1(C)CC(n2nnc3cc(-c4ccc(-c5cn[nH]c5)c5n[nH]nc45)nnc32)CC(C)(C)N1.CC1(C)CC(n2nnc3cc(-c4ccc(-c5cnc[nH]5)cc4O)nnc32)CC(C)(C)N1.CC1(C)CC(n2nnc3cc(-c4ccc(-c5nncs5)cc4O)nnc32)CC(C)(C)N1. The summed E-state index contributed by atoms with van der Waals surface area (Å²) in [5.74, 6) is 0.227. The van der Waals surface area contributed by atoms with Crippen LogP contribution >= 0.6 is 11.3 Å². The number of phenols is 2. The normalized spacial score (nSPS) is 18.4. The number of aromatic nitrogens is 24. The molecule has 13 heterocycles. The first kappa shape index (κ1) is 62.4. The second-order valence-electron chi connectivity index (χ2n) is 29.1. The zero-order valence-corrected chi connectivity index (χ0v) is 55.7. The minimum Gasteiger partial charge on any atom is -0.507 e. The van der Waals surface area contributed by atoms with E-state index in [0.717, 1.165) is 88.1 Å². The molecule has 30 heteroatoms. The zero-order chi connectivity index (χ0) is 66.4. The molecular formula is C65H75N27O2S. The third kappa shape index (κ3) is 12.8. The molecule has 0 radical (unpaired) electrons. The molecule has 0 amide bonds. The van der Waals surface area contributed by atoms with Crippen molar-refractivity contribution >= 4 is 55.9 Å². The number of H-pyrrole nitrogens is 3. The maximum Gasteiger partial charge on any atom is 0.201 e. The first-order chi connectivity index (χ1) is 45.2. The maximum atomic E-state index is 10.6. The Morgan fingerprint density at radius 2 is 0.874 bits per heavy atom. The average Bonchev–Trinajstić information content (AvgIpc) is 1.70. The molecule has 3 fully saturated rings. The van der Waals surface area contributed by atoms with Gasteiger partial charge in [0.15, 0.2) is 0 Å². The minimum absolute atomic E-state index is 0.00660. The molecule has 488 valence electrons. The molecule has 0 saturated carbocycles. The standard InChI is InChI=1S/C22H25N11.C22H26N8O.C21H24N8OS/c1-21(2)8-13(9-22(3,4)30-21)33-20-17(26-32-33)7-16(25-29-20)15-6-5-14(12-10-23-24-11-12)18-19(15)28-31-27-18;1-21(2)9-14(10-22(3,4)28-21)30-20-17(26-29-30)8-16(25-27-20)15-6-5-13(7-19(15)31)18-11-23-12-24-18;1-20(2)9-13(10-21(3,4)27-20)29-18-16(24-28-29)8-15(23-25-18)14-6-5-12(7-17(14)30)19-26-22-11-31-19/h5-7,10-11,13,30H,8-9H2,1-4H3,(H,23,24)(H,27,28,31);5-8,11-12,14,28,31H,9-10H2,1-4H3,(H,23,24);5-8,11,13,27,30H,9-10H2,1-4H3. The first-order valence-electron chi connectivity index (χ1n) is 31.6. The van der Waals surface area contributed by atoms with Crippen LogP contribution in [0.1, 0.15) is 140 Å². The monoisotopic (exact) mass is 1300 g/mol. The average molecular weight is 1300 g/mol. The Labute approximate surface area is 549 Å². The molecule has 0 bridgehead atoms. The van der Waals surface area contributed by atoms with Gasteiger partial charge in [0, 0.05) is 78.4 Å². The Hall–Kier alpha value is -10.0. The molecule has 10 aromatic heterocycles. The van der Waals surface area contributed by atoms with Crippen molar-refractivity contribution in [2.75, 3.05) is 0 Å². The molecule has 3 aliphatic rings. The minimum atomic E-state index is -0.0153. The van der Waals surface area contributed by atoms with Crippen molar-refractivity contribution in [1.29, 1.82) is 0 Å². The molecule has 13 aromatic rings. The number of benzene rings is 3. The number of hydrogen-bond acceptors (Lipinski definition) is 24. The molecule has 3 aliphatic heterocycles. The summed E-state index contributed by atoms with van der Waals surface area (Å²) in [4.78, 5) is 7.05. The summed E-state index contributed by atoms with van der Waals surface area (Å²) < 4.78 is 5.73. The van der Waals surface area contributed by atoms with Crippen LogP contribution in [-0.2, 0) is 0 Å². The van der Waals surface area contributed by atoms with Gasteiger partial charge < -0.3 is 31.1 Å². The molecule has 29 nitrogen and oxygen atoms in total. The highest BCUT2D eigenvalue weighted by atomic mass is 32.1. The zero-order valence-electron chi connectivity index (χ0n) is 54.9. The second-order valence-corrected chi connectivity index (χ2v) is 30.0. The number of phenolic OH excluding ortho intramolecular Hbond substituents is 2. The van der Waals surface area contributed by atoms with Crippen molar-refractivity contribution in [3.63, 3.8) is 0 Å². The second kappa shape index (κ2) is 23.5.